The summed E-state index contributed by atoms with van der Waals surface area (Å²) >= 11 is 0. The second-order valence-corrected chi connectivity index (χ2v) is 5.50. The van der Waals surface area contributed by atoms with Gasteiger partial charge in [-0.25, -0.2) is 0 Å². The molecule has 0 fully saturated rings. The fourth-order valence-corrected chi connectivity index (χ4v) is 2.83. The van der Waals surface area contributed by atoms with Gasteiger partial charge < -0.3 is 5.32 Å². The summed E-state index contributed by atoms with van der Waals surface area (Å²) in [7, 11) is 0. The van der Waals surface area contributed by atoms with E-state index in [1.54, 1.807) is 0 Å². The molecule has 1 aliphatic rings. The van der Waals surface area contributed by atoms with Gasteiger partial charge in [0.2, 0.25) is 5.91 Å². The predicted octanol–water partition coefficient (Wildman–Crippen LogP) is 3.66. The van der Waals surface area contributed by atoms with Crippen LogP contribution in [0.2, 0.25) is 0 Å². The number of aryl methyl sites for hydroxylation is 3. The van der Waals surface area contributed by atoms with Crippen molar-refractivity contribution in [2.45, 2.75) is 32.6 Å². The van der Waals surface area contributed by atoms with Crippen molar-refractivity contribution < 1.29 is 4.79 Å². The smallest absolute Gasteiger partial charge is 0.228 e. The Labute approximate surface area is 119 Å². The first-order valence-corrected chi connectivity index (χ1v) is 7.18. The molecule has 1 aliphatic carbocycles. The molecule has 2 aromatic rings. The van der Waals surface area contributed by atoms with Crippen molar-refractivity contribution in [2.24, 2.45) is 0 Å². The Hall–Kier alpha value is -2.09. The number of carbonyl (C=O) groups excluding carboxylic acids is 1. The first kappa shape index (κ1) is 12.9. The predicted molar refractivity (Wildman–Crippen MR) is 82.0 cm³/mol. The van der Waals surface area contributed by atoms with E-state index in [9.17, 15) is 4.79 Å². The van der Waals surface area contributed by atoms with Crippen LogP contribution >= 0.6 is 0 Å². The minimum absolute atomic E-state index is 0.0530. The number of amides is 1. The average Bonchev–Trinajstić information content (AvgIpc) is 2.89. The number of anilines is 1. The van der Waals surface area contributed by atoms with E-state index in [4.69, 9.17) is 0 Å². The van der Waals surface area contributed by atoms with Gasteiger partial charge in [0.25, 0.3) is 0 Å². The van der Waals surface area contributed by atoms with Crippen LogP contribution in [-0.2, 0) is 24.1 Å². The molecule has 0 radical (unpaired) electrons. The molecule has 1 amide bonds. The summed E-state index contributed by atoms with van der Waals surface area (Å²) in [5, 5.41) is 2.99. The molecular formula is C18H19NO. The van der Waals surface area contributed by atoms with Gasteiger partial charge in [0.05, 0.1) is 6.42 Å². The average molecular weight is 265 g/mol. The standard InChI is InChI=1S/C18H19NO/c1-13-5-2-3-8-17(13)19-18(20)12-14-9-10-15-6-4-7-16(15)11-14/h2-3,5,8-11H,4,6-7,12H2,1H3,(H,19,20). The molecule has 0 unspecified atom stereocenters. The summed E-state index contributed by atoms with van der Waals surface area (Å²) in [6, 6.07) is 14.3. The van der Waals surface area contributed by atoms with Gasteiger partial charge in [-0.05, 0) is 54.5 Å². The third kappa shape index (κ3) is 2.74. The topological polar surface area (TPSA) is 29.1 Å². The van der Waals surface area contributed by atoms with E-state index in [0.29, 0.717) is 6.42 Å². The van der Waals surface area contributed by atoms with Crippen molar-refractivity contribution in [3.8, 4) is 0 Å². The highest BCUT2D eigenvalue weighted by Crippen LogP contribution is 2.23. The van der Waals surface area contributed by atoms with Gasteiger partial charge in [0.15, 0.2) is 0 Å². The Morgan fingerprint density at radius 1 is 1.10 bits per heavy atom. The van der Waals surface area contributed by atoms with E-state index in [1.165, 1.54) is 24.0 Å². The summed E-state index contributed by atoms with van der Waals surface area (Å²) in [6.07, 6.45) is 4.03. The maximum absolute atomic E-state index is 12.1. The lowest BCUT2D eigenvalue weighted by Crippen LogP contribution is -2.15. The number of hydrogen-bond acceptors (Lipinski definition) is 1. The molecule has 102 valence electrons. The second kappa shape index (κ2) is 5.49. The van der Waals surface area contributed by atoms with Gasteiger partial charge in [0.1, 0.15) is 0 Å². The Kier molecular flexibility index (Phi) is 3.55. The SMILES string of the molecule is Cc1ccccc1NC(=O)Cc1ccc2c(c1)CCC2. The molecule has 3 rings (SSSR count). The first-order valence-electron chi connectivity index (χ1n) is 7.18. The van der Waals surface area contributed by atoms with Crippen LogP contribution in [0.4, 0.5) is 5.69 Å². The van der Waals surface area contributed by atoms with Crippen molar-refractivity contribution >= 4 is 11.6 Å². The van der Waals surface area contributed by atoms with Crippen LogP contribution in [0.1, 0.15) is 28.7 Å². The van der Waals surface area contributed by atoms with Crippen LogP contribution in [0, 0.1) is 6.92 Å². The summed E-state index contributed by atoms with van der Waals surface area (Å²) in [4.78, 5) is 12.1. The van der Waals surface area contributed by atoms with Crippen molar-refractivity contribution in [3.63, 3.8) is 0 Å². The zero-order valence-electron chi connectivity index (χ0n) is 11.8. The first-order chi connectivity index (χ1) is 9.72. The van der Waals surface area contributed by atoms with Crippen LogP contribution in [-0.4, -0.2) is 5.91 Å². The number of hydrogen-bond donors (Lipinski definition) is 1. The van der Waals surface area contributed by atoms with Crippen molar-refractivity contribution in [1.82, 2.24) is 0 Å². The summed E-state index contributed by atoms with van der Waals surface area (Å²) in [5.74, 6) is 0.0530. The van der Waals surface area contributed by atoms with Crippen LogP contribution in [0.5, 0.6) is 0 Å². The monoisotopic (exact) mass is 265 g/mol. The Balaban J connectivity index is 1.69. The molecule has 0 saturated heterocycles. The molecular weight excluding hydrogens is 246 g/mol. The van der Waals surface area contributed by atoms with Gasteiger partial charge in [-0.15, -0.1) is 0 Å². The fourth-order valence-electron chi connectivity index (χ4n) is 2.83. The summed E-state index contributed by atoms with van der Waals surface area (Å²) in [5.41, 5.74) is 5.98. The molecule has 2 nitrogen and oxygen atoms in total. The Morgan fingerprint density at radius 2 is 1.90 bits per heavy atom. The Morgan fingerprint density at radius 3 is 2.75 bits per heavy atom. The molecule has 0 heterocycles. The van der Waals surface area contributed by atoms with Gasteiger partial charge >= 0.3 is 0 Å². The van der Waals surface area contributed by atoms with E-state index in [2.05, 4.69) is 23.5 Å². The number of nitrogens with one attached hydrogen (secondary N) is 1. The normalized spacial score (nSPS) is 13.1. The fraction of sp³-hybridized carbons (Fsp3) is 0.278. The highest BCUT2D eigenvalue weighted by atomic mass is 16.1. The van der Waals surface area contributed by atoms with Crippen LogP contribution < -0.4 is 5.32 Å². The lowest BCUT2D eigenvalue weighted by atomic mass is 10.0. The summed E-state index contributed by atoms with van der Waals surface area (Å²) in [6.45, 7) is 2.00. The zero-order valence-corrected chi connectivity index (χ0v) is 11.8. The molecule has 2 aromatic carbocycles. The number of benzene rings is 2. The zero-order chi connectivity index (χ0) is 13.9. The molecule has 1 N–H and O–H groups in total. The maximum atomic E-state index is 12.1. The number of rotatable bonds is 3. The van der Waals surface area contributed by atoms with E-state index in [-0.39, 0.29) is 5.91 Å². The second-order valence-electron chi connectivity index (χ2n) is 5.50. The largest absolute Gasteiger partial charge is 0.326 e. The minimum atomic E-state index is 0.0530. The minimum Gasteiger partial charge on any atom is -0.326 e. The molecule has 20 heavy (non-hydrogen) atoms. The number of fused-ring (bicyclic) bond motifs is 1. The quantitative estimate of drug-likeness (QED) is 0.901. The van der Waals surface area contributed by atoms with E-state index in [0.717, 1.165) is 23.2 Å². The maximum Gasteiger partial charge on any atom is 0.228 e. The third-order valence-electron chi connectivity index (χ3n) is 3.95. The van der Waals surface area contributed by atoms with Gasteiger partial charge in [-0.1, -0.05) is 36.4 Å². The molecule has 0 aliphatic heterocycles. The number of para-hydroxylation sites is 1. The van der Waals surface area contributed by atoms with Gasteiger partial charge in [-0.2, -0.15) is 0 Å². The summed E-state index contributed by atoms with van der Waals surface area (Å²) < 4.78 is 0. The van der Waals surface area contributed by atoms with Crippen molar-refractivity contribution in [3.05, 3.63) is 64.7 Å². The van der Waals surface area contributed by atoms with Gasteiger partial charge in [-0.3, -0.25) is 4.79 Å². The molecule has 0 saturated carbocycles. The van der Waals surface area contributed by atoms with Crippen molar-refractivity contribution in [2.75, 3.05) is 5.32 Å². The molecule has 0 aromatic heterocycles. The highest BCUT2D eigenvalue weighted by molar-refractivity contribution is 5.92. The van der Waals surface area contributed by atoms with Crippen LogP contribution in [0.3, 0.4) is 0 Å². The molecule has 0 bridgehead atoms. The molecule has 0 spiro atoms. The molecule has 2 heteroatoms. The number of carbonyl (C=O) groups is 1. The van der Waals surface area contributed by atoms with E-state index >= 15 is 0 Å². The van der Waals surface area contributed by atoms with Crippen LogP contribution in [0.15, 0.2) is 42.5 Å². The lowest BCUT2D eigenvalue weighted by Gasteiger charge is -2.09. The lowest BCUT2D eigenvalue weighted by molar-refractivity contribution is -0.115. The Bertz CT molecular complexity index is 646. The van der Waals surface area contributed by atoms with Crippen LogP contribution in [0.25, 0.3) is 0 Å². The highest BCUT2D eigenvalue weighted by Gasteiger charge is 2.12. The van der Waals surface area contributed by atoms with E-state index in [1.807, 2.05) is 31.2 Å². The van der Waals surface area contributed by atoms with Crippen molar-refractivity contribution in [1.29, 1.82) is 0 Å². The molecule has 0 atom stereocenters. The van der Waals surface area contributed by atoms with E-state index < -0.39 is 0 Å². The third-order valence-corrected chi connectivity index (χ3v) is 3.95. The van der Waals surface area contributed by atoms with Gasteiger partial charge in [0, 0.05) is 5.69 Å².